The molecule has 0 radical (unpaired) electrons. The minimum atomic E-state index is -0.213. The van der Waals surface area contributed by atoms with Gasteiger partial charge in [-0.1, -0.05) is 13.8 Å². The Bertz CT molecular complexity index is 689. The average molecular weight is 304 g/mol. The van der Waals surface area contributed by atoms with Gasteiger partial charge >= 0.3 is 0 Å². The smallest absolute Gasteiger partial charge is 0.290 e. The lowest BCUT2D eigenvalue weighted by molar-refractivity contribution is 0.0642. The molecular formula is C15H20N4O3. The SMILES string of the molecule is CC(C)c1nnc2n1[C@@H](C)CN(C(=O)c1ccc(CO)o1)C2. The lowest BCUT2D eigenvalue weighted by Gasteiger charge is -2.32. The van der Waals surface area contributed by atoms with E-state index >= 15 is 0 Å². The molecule has 0 spiro atoms. The van der Waals surface area contributed by atoms with E-state index in [0.29, 0.717) is 24.8 Å². The van der Waals surface area contributed by atoms with Crippen molar-refractivity contribution in [3.05, 3.63) is 35.3 Å². The number of aliphatic hydroxyl groups is 1. The predicted octanol–water partition coefficient (Wildman–Crippen LogP) is 1.70. The zero-order valence-electron chi connectivity index (χ0n) is 13.0. The number of rotatable bonds is 3. The van der Waals surface area contributed by atoms with Crippen LogP contribution in [-0.2, 0) is 13.2 Å². The molecule has 1 atom stereocenters. The Morgan fingerprint density at radius 1 is 1.45 bits per heavy atom. The maximum Gasteiger partial charge on any atom is 0.290 e. The van der Waals surface area contributed by atoms with Gasteiger partial charge in [-0.15, -0.1) is 10.2 Å². The quantitative estimate of drug-likeness (QED) is 0.933. The Morgan fingerprint density at radius 3 is 2.86 bits per heavy atom. The van der Waals surface area contributed by atoms with Gasteiger partial charge < -0.3 is 19.0 Å². The molecule has 0 saturated heterocycles. The summed E-state index contributed by atoms with van der Waals surface area (Å²) in [6.07, 6.45) is 0. The largest absolute Gasteiger partial charge is 0.453 e. The second-order valence-corrected chi connectivity index (χ2v) is 5.96. The highest BCUT2D eigenvalue weighted by molar-refractivity contribution is 5.91. The number of carbonyl (C=O) groups is 1. The summed E-state index contributed by atoms with van der Waals surface area (Å²) in [5.74, 6) is 2.49. The Hall–Kier alpha value is -2.15. The monoisotopic (exact) mass is 304 g/mol. The molecule has 118 valence electrons. The second-order valence-electron chi connectivity index (χ2n) is 5.96. The van der Waals surface area contributed by atoms with Crippen LogP contribution in [0, 0.1) is 0 Å². The molecule has 7 heteroatoms. The van der Waals surface area contributed by atoms with Gasteiger partial charge in [0.1, 0.15) is 18.2 Å². The van der Waals surface area contributed by atoms with Gasteiger partial charge in [0.2, 0.25) is 0 Å². The molecule has 1 amide bonds. The third-order valence-electron chi connectivity index (χ3n) is 3.88. The van der Waals surface area contributed by atoms with Crippen LogP contribution in [0.5, 0.6) is 0 Å². The number of fused-ring (bicyclic) bond motifs is 1. The Morgan fingerprint density at radius 2 is 2.23 bits per heavy atom. The van der Waals surface area contributed by atoms with Gasteiger partial charge in [0, 0.05) is 12.5 Å². The third-order valence-corrected chi connectivity index (χ3v) is 3.88. The van der Waals surface area contributed by atoms with Crippen LogP contribution in [-0.4, -0.2) is 37.2 Å². The molecule has 2 aromatic heterocycles. The number of hydrogen-bond acceptors (Lipinski definition) is 5. The highest BCUT2D eigenvalue weighted by Gasteiger charge is 2.31. The summed E-state index contributed by atoms with van der Waals surface area (Å²) in [5, 5.41) is 17.5. The van der Waals surface area contributed by atoms with Gasteiger partial charge in [0.25, 0.3) is 5.91 Å². The van der Waals surface area contributed by atoms with Crippen molar-refractivity contribution in [3.8, 4) is 0 Å². The highest BCUT2D eigenvalue weighted by atomic mass is 16.4. The number of aromatic nitrogens is 3. The van der Waals surface area contributed by atoms with E-state index in [-0.39, 0.29) is 24.3 Å². The molecule has 0 bridgehead atoms. The molecule has 3 rings (SSSR count). The number of amides is 1. The van der Waals surface area contributed by atoms with E-state index in [2.05, 4.69) is 35.5 Å². The first-order valence-corrected chi connectivity index (χ1v) is 7.43. The van der Waals surface area contributed by atoms with Crippen LogP contribution < -0.4 is 0 Å². The summed E-state index contributed by atoms with van der Waals surface area (Å²) in [7, 11) is 0. The van der Waals surface area contributed by atoms with E-state index in [1.165, 1.54) is 0 Å². The van der Waals surface area contributed by atoms with Crippen LogP contribution in [0.15, 0.2) is 16.5 Å². The second kappa shape index (κ2) is 5.57. The number of furan rings is 1. The summed E-state index contributed by atoms with van der Waals surface area (Å²) in [4.78, 5) is 14.2. The Labute approximate surface area is 128 Å². The lowest BCUT2D eigenvalue weighted by atomic mass is 10.1. The molecular weight excluding hydrogens is 284 g/mol. The summed E-state index contributed by atoms with van der Waals surface area (Å²) in [6, 6.07) is 3.32. The minimum absolute atomic E-state index is 0.118. The normalized spacial score (nSPS) is 17.9. The Kier molecular flexibility index (Phi) is 3.74. The fraction of sp³-hybridized carbons (Fsp3) is 0.533. The van der Waals surface area contributed by atoms with Crippen molar-refractivity contribution in [2.24, 2.45) is 0 Å². The van der Waals surface area contributed by atoms with Gasteiger partial charge in [-0.2, -0.15) is 0 Å². The van der Waals surface area contributed by atoms with Crippen molar-refractivity contribution in [3.63, 3.8) is 0 Å². The molecule has 3 heterocycles. The average Bonchev–Trinajstić information content (AvgIpc) is 3.13. The molecule has 1 aliphatic rings. The third kappa shape index (κ3) is 2.41. The Balaban J connectivity index is 1.84. The molecule has 1 aliphatic heterocycles. The van der Waals surface area contributed by atoms with Crippen LogP contribution >= 0.6 is 0 Å². The highest BCUT2D eigenvalue weighted by Crippen LogP contribution is 2.26. The topological polar surface area (TPSA) is 84.4 Å². The summed E-state index contributed by atoms with van der Waals surface area (Å²) in [6.45, 7) is 7.01. The fourth-order valence-corrected chi connectivity index (χ4v) is 2.84. The fourth-order valence-electron chi connectivity index (χ4n) is 2.84. The van der Waals surface area contributed by atoms with Crippen molar-refractivity contribution in [1.29, 1.82) is 0 Å². The number of carbonyl (C=O) groups excluding carboxylic acids is 1. The van der Waals surface area contributed by atoms with Gasteiger partial charge in [-0.3, -0.25) is 4.79 Å². The maximum absolute atomic E-state index is 12.5. The van der Waals surface area contributed by atoms with Crippen molar-refractivity contribution in [2.75, 3.05) is 6.54 Å². The first kappa shape index (κ1) is 14.8. The molecule has 0 aromatic carbocycles. The first-order chi connectivity index (χ1) is 10.5. The molecule has 0 fully saturated rings. The van der Waals surface area contributed by atoms with Crippen molar-refractivity contribution >= 4 is 5.91 Å². The molecule has 0 saturated carbocycles. The minimum Gasteiger partial charge on any atom is -0.453 e. The molecule has 0 unspecified atom stereocenters. The van der Waals surface area contributed by atoms with E-state index < -0.39 is 0 Å². The molecule has 7 nitrogen and oxygen atoms in total. The standard InChI is InChI=1S/C15H20N4O3/c1-9(2)14-17-16-13-7-18(6-10(3)19(13)14)15(21)12-5-4-11(8-20)22-12/h4-5,9-10,20H,6-8H2,1-3H3/t10-/m0/s1. The van der Waals surface area contributed by atoms with Crippen LogP contribution in [0.2, 0.25) is 0 Å². The van der Waals surface area contributed by atoms with E-state index in [9.17, 15) is 4.79 Å². The van der Waals surface area contributed by atoms with Gasteiger partial charge in [0.05, 0.1) is 12.6 Å². The van der Waals surface area contributed by atoms with E-state index in [0.717, 1.165) is 11.6 Å². The van der Waals surface area contributed by atoms with E-state index in [1.807, 2.05) is 0 Å². The van der Waals surface area contributed by atoms with Crippen LogP contribution in [0.25, 0.3) is 0 Å². The first-order valence-electron chi connectivity index (χ1n) is 7.43. The van der Waals surface area contributed by atoms with E-state index in [1.54, 1.807) is 17.0 Å². The zero-order chi connectivity index (χ0) is 15.9. The van der Waals surface area contributed by atoms with Crippen LogP contribution in [0.1, 0.15) is 60.7 Å². The summed E-state index contributed by atoms with van der Waals surface area (Å²) >= 11 is 0. The number of aliphatic hydroxyl groups excluding tert-OH is 1. The molecule has 22 heavy (non-hydrogen) atoms. The van der Waals surface area contributed by atoms with E-state index in [4.69, 9.17) is 9.52 Å². The van der Waals surface area contributed by atoms with Crippen LogP contribution in [0.3, 0.4) is 0 Å². The van der Waals surface area contributed by atoms with Gasteiger partial charge in [-0.05, 0) is 19.1 Å². The number of nitrogens with zero attached hydrogens (tertiary/aromatic N) is 4. The van der Waals surface area contributed by atoms with Crippen molar-refractivity contribution in [1.82, 2.24) is 19.7 Å². The summed E-state index contributed by atoms with van der Waals surface area (Å²) in [5.41, 5.74) is 0. The lowest BCUT2D eigenvalue weighted by Crippen LogP contribution is -2.40. The van der Waals surface area contributed by atoms with Gasteiger partial charge in [0.15, 0.2) is 11.6 Å². The maximum atomic E-state index is 12.5. The molecule has 2 aromatic rings. The van der Waals surface area contributed by atoms with Crippen molar-refractivity contribution in [2.45, 2.75) is 45.9 Å². The van der Waals surface area contributed by atoms with Crippen molar-refractivity contribution < 1.29 is 14.3 Å². The number of hydrogen-bond donors (Lipinski definition) is 1. The molecule has 0 aliphatic carbocycles. The zero-order valence-corrected chi connectivity index (χ0v) is 13.0. The van der Waals surface area contributed by atoms with Gasteiger partial charge in [-0.25, -0.2) is 0 Å². The predicted molar refractivity (Wildman–Crippen MR) is 78.2 cm³/mol. The summed E-state index contributed by atoms with van der Waals surface area (Å²) < 4.78 is 7.45. The van der Waals surface area contributed by atoms with Crippen LogP contribution in [0.4, 0.5) is 0 Å². The molecule has 1 N–H and O–H groups in total.